The van der Waals surface area contributed by atoms with Gasteiger partial charge in [0.05, 0.1) is 11.4 Å². The summed E-state index contributed by atoms with van der Waals surface area (Å²) in [6.45, 7) is 4.61. The highest BCUT2D eigenvalue weighted by Gasteiger charge is 2.40. The van der Waals surface area contributed by atoms with Gasteiger partial charge < -0.3 is 0 Å². The Morgan fingerprint density at radius 1 is 0.364 bits per heavy atom. The molecule has 0 saturated heterocycles. The van der Waals surface area contributed by atoms with Crippen LogP contribution in [0.15, 0.2) is 182 Å². The van der Waals surface area contributed by atoms with Gasteiger partial charge in [0.25, 0.3) is 0 Å². The van der Waals surface area contributed by atoms with E-state index < -0.39 is 0 Å². The Kier molecular flexibility index (Phi) is 6.93. The van der Waals surface area contributed by atoms with Crippen molar-refractivity contribution in [1.29, 1.82) is 0 Å². The minimum Gasteiger partial charge on any atom is -0.231 e. The smallest absolute Gasteiger partial charge is 0.160 e. The molecule has 11 rings (SSSR count). The standard InChI is InChI=1S/C53H36N2/c1-53(2)48-32-38-17-7-6-16-37(38)31-47(48)49-50(54-52(55-51(49)53)33-14-4-3-5-15-33)40-21-13-20-36(29-40)34-18-12-19-35(28-34)39-26-27-45-43-24-9-8-22-41(43)42-23-10-11-25-44(42)46(45)30-39/h3-32H,1-2H3. The third-order valence-electron chi connectivity index (χ3n) is 11.8. The summed E-state index contributed by atoms with van der Waals surface area (Å²) in [5.41, 5.74) is 12.2. The van der Waals surface area contributed by atoms with Crippen LogP contribution in [0.25, 0.3) is 99.1 Å². The second-order valence-electron chi connectivity index (χ2n) is 15.4. The van der Waals surface area contributed by atoms with Crippen molar-refractivity contribution in [2.24, 2.45) is 0 Å². The molecule has 0 N–H and O–H groups in total. The van der Waals surface area contributed by atoms with Crippen LogP contribution < -0.4 is 0 Å². The second-order valence-corrected chi connectivity index (χ2v) is 15.4. The maximum Gasteiger partial charge on any atom is 0.160 e. The van der Waals surface area contributed by atoms with E-state index in [1.54, 1.807) is 0 Å². The van der Waals surface area contributed by atoms with Crippen molar-refractivity contribution in [3.63, 3.8) is 0 Å². The van der Waals surface area contributed by atoms with Crippen molar-refractivity contribution in [3.05, 3.63) is 193 Å². The lowest BCUT2D eigenvalue weighted by molar-refractivity contribution is 0.637. The van der Waals surface area contributed by atoms with E-state index in [1.807, 2.05) is 6.07 Å². The van der Waals surface area contributed by atoms with E-state index in [9.17, 15) is 0 Å². The minimum atomic E-state index is -0.292. The molecule has 1 heterocycles. The van der Waals surface area contributed by atoms with Crippen molar-refractivity contribution >= 4 is 43.1 Å². The van der Waals surface area contributed by atoms with E-state index in [4.69, 9.17) is 9.97 Å². The van der Waals surface area contributed by atoms with E-state index in [0.29, 0.717) is 0 Å². The lowest BCUT2D eigenvalue weighted by Gasteiger charge is -2.21. The van der Waals surface area contributed by atoms with Crippen LogP contribution in [0, 0.1) is 0 Å². The zero-order valence-electron chi connectivity index (χ0n) is 30.7. The van der Waals surface area contributed by atoms with Gasteiger partial charge in [-0.05, 0) is 107 Å². The number of fused-ring (bicyclic) bond motifs is 10. The van der Waals surface area contributed by atoms with Crippen LogP contribution in [0.3, 0.4) is 0 Å². The maximum atomic E-state index is 5.39. The van der Waals surface area contributed by atoms with Gasteiger partial charge in [0.2, 0.25) is 0 Å². The molecule has 1 aliphatic rings. The third-order valence-corrected chi connectivity index (χ3v) is 11.8. The quantitative estimate of drug-likeness (QED) is 0.171. The Morgan fingerprint density at radius 2 is 0.855 bits per heavy atom. The number of rotatable bonds is 4. The molecule has 0 atom stereocenters. The predicted octanol–water partition coefficient (Wildman–Crippen LogP) is 14.1. The van der Waals surface area contributed by atoms with Crippen LogP contribution in [-0.4, -0.2) is 9.97 Å². The van der Waals surface area contributed by atoms with Gasteiger partial charge in [0, 0.05) is 22.1 Å². The van der Waals surface area contributed by atoms with E-state index in [1.165, 1.54) is 70.9 Å². The van der Waals surface area contributed by atoms with Crippen LogP contribution >= 0.6 is 0 Å². The van der Waals surface area contributed by atoms with Crippen molar-refractivity contribution < 1.29 is 0 Å². The van der Waals surface area contributed by atoms with Gasteiger partial charge in [-0.3, -0.25) is 0 Å². The topological polar surface area (TPSA) is 25.8 Å². The molecule has 0 saturated carbocycles. The molecule has 1 aliphatic carbocycles. The average molecular weight is 701 g/mol. The van der Waals surface area contributed by atoms with Crippen molar-refractivity contribution in [2.45, 2.75) is 19.3 Å². The van der Waals surface area contributed by atoms with Gasteiger partial charge in [-0.2, -0.15) is 0 Å². The minimum absolute atomic E-state index is 0.292. The fraction of sp³-hybridized carbons (Fsp3) is 0.0566. The van der Waals surface area contributed by atoms with Gasteiger partial charge in [-0.25, -0.2) is 9.97 Å². The molecule has 0 aliphatic heterocycles. The van der Waals surface area contributed by atoms with Gasteiger partial charge in [0.15, 0.2) is 5.82 Å². The Balaban J connectivity index is 1.07. The molecular weight excluding hydrogens is 665 g/mol. The largest absolute Gasteiger partial charge is 0.231 e. The summed E-state index contributed by atoms with van der Waals surface area (Å²) in [4.78, 5) is 10.7. The summed E-state index contributed by atoms with van der Waals surface area (Å²) in [5, 5.41) is 10.2. The molecule has 10 aromatic rings. The van der Waals surface area contributed by atoms with Crippen LogP contribution in [0.5, 0.6) is 0 Å². The fourth-order valence-electron chi connectivity index (χ4n) is 9.00. The molecule has 0 radical (unpaired) electrons. The monoisotopic (exact) mass is 700 g/mol. The van der Waals surface area contributed by atoms with Crippen molar-refractivity contribution in [2.75, 3.05) is 0 Å². The zero-order valence-corrected chi connectivity index (χ0v) is 30.7. The van der Waals surface area contributed by atoms with E-state index in [-0.39, 0.29) is 5.41 Å². The molecule has 55 heavy (non-hydrogen) atoms. The lowest BCUT2D eigenvalue weighted by atomic mass is 9.84. The average Bonchev–Trinajstić information content (AvgIpc) is 3.47. The number of benzene rings is 9. The molecule has 1 aromatic heterocycles. The predicted molar refractivity (Wildman–Crippen MR) is 231 cm³/mol. The van der Waals surface area contributed by atoms with Crippen molar-refractivity contribution in [3.8, 4) is 56.0 Å². The summed E-state index contributed by atoms with van der Waals surface area (Å²) in [6, 6.07) is 66.1. The van der Waals surface area contributed by atoms with E-state index in [0.717, 1.165) is 39.5 Å². The lowest BCUT2D eigenvalue weighted by Crippen LogP contribution is -2.17. The highest BCUT2D eigenvalue weighted by atomic mass is 14.9. The molecule has 9 aromatic carbocycles. The Morgan fingerprint density at radius 3 is 1.51 bits per heavy atom. The molecule has 0 fully saturated rings. The molecule has 0 amide bonds. The zero-order chi connectivity index (χ0) is 36.7. The first-order valence-corrected chi connectivity index (χ1v) is 19.1. The van der Waals surface area contributed by atoms with Gasteiger partial charge in [0.1, 0.15) is 0 Å². The summed E-state index contributed by atoms with van der Waals surface area (Å²) in [6.07, 6.45) is 0. The normalized spacial score (nSPS) is 13.1. The summed E-state index contributed by atoms with van der Waals surface area (Å²) in [5.74, 6) is 0.754. The maximum absolute atomic E-state index is 5.39. The number of nitrogens with zero attached hydrogens (tertiary/aromatic N) is 2. The Hall–Kier alpha value is -6.90. The fourth-order valence-corrected chi connectivity index (χ4v) is 9.00. The third kappa shape index (κ3) is 4.95. The molecule has 2 heteroatoms. The summed E-state index contributed by atoms with van der Waals surface area (Å²) in [7, 11) is 0. The highest BCUT2D eigenvalue weighted by Crippen LogP contribution is 2.52. The van der Waals surface area contributed by atoms with Crippen LogP contribution in [0.2, 0.25) is 0 Å². The van der Waals surface area contributed by atoms with Crippen LogP contribution in [-0.2, 0) is 5.41 Å². The first-order chi connectivity index (χ1) is 27.0. The first kappa shape index (κ1) is 31.6. The molecule has 0 spiro atoms. The van der Waals surface area contributed by atoms with Crippen LogP contribution in [0.1, 0.15) is 25.1 Å². The van der Waals surface area contributed by atoms with Crippen LogP contribution in [0.4, 0.5) is 0 Å². The SMILES string of the molecule is CC1(C)c2cc3ccccc3cc2-c2c(-c3cccc(-c4cccc(-c5ccc6c7ccccc7c7ccccc7c6c5)c4)c3)nc(-c3ccccc3)nc21. The van der Waals surface area contributed by atoms with E-state index in [2.05, 4.69) is 190 Å². The van der Waals surface area contributed by atoms with Crippen molar-refractivity contribution in [1.82, 2.24) is 9.97 Å². The van der Waals surface area contributed by atoms with Gasteiger partial charge in [-0.1, -0.05) is 166 Å². The summed E-state index contributed by atoms with van der Waals surface area (Å²) < 4.78 is 0. The Bertz CT molecular complexity index is 3140. The summed E-state index contributed by atoms with van der Waals surface area (Å²) >= 11 is 0. The molecular formula is C53H36N2. The molecule has 0 bridgehead atoms. The number of hydrogen-bond donors (Lipinski definition) is 0. The first-order valence-electron chi connectivity index (χ1n) is 19.1. The molecule has 2 nitrogen and oxygen atoms in total. The number of aromatic nitrogens is 2. The highest BCUT2D eigenvalue weighted by molar-refractivity contribution is 6.25. The molecule has 258 valence electrons. The van der Waals surface area contributed by atoms with Gasteiger partial charge >= 0.3 is 0 Å². The number of hydrogen-bond acceptors (Lipinski definition) is 2. The Labute approximate surface area is 320 Å². The van der Waals surface area contributed by atoms with Gasteiger partial charge in [-0.15, -0.1) is 0 Å². The van der Waals surface area contributed by atoms with E-state index >= 15 is 0 Å². The molecule has 0 unspecified atom stereocenters. The second kappa shape index (κ2) is 12.1.